The molecule has 1 aliphatic heterocycles. The maximum absolute atomic E-state index is 4.51. The van der Waals surface area contributed by atoms with E-state index in [1.54, 1.807) is 0 Å². The van der Waals surface area contributed by atoms with Gasteiger partial charge in [-0.1, -0.05) is 0 Å². The number of rotatable bonds is 2. The number of hydrogen-bond acceptors (Lipinski definition) is 2. The predicted molar refractivity (Wildman–Crippen MR) is 55.5 cm³/mol. The standard InChI is InChI=1S/C11H17N3/c1-8-11(9-4-5-12-6-9)7-13-14(8)10-2-3-10/h7,9-10,12H,2-6H2,1H3. The van der Waals surface area contributed by atoms with Crippen molar-refractivity contribution in [3.8, 4) is 0 Å². The Morgan fingerprint density at radius 1 is 1.43 bits per heavy atom. The van der Waals surface area contributed by atoms with Gasteiger partial charge in [-0.15, -0.1) is 0 Å². The molecule has 3 nitrogen and oxygen atoms in total. The third-order valence-electron chi connectivity index (χ3n) is 3.48. The van der Waals surface area contributed by atoms with Crippen LogP contribution in [0.5, 0.6) is 0 Å². The Morgan fingerprint density at radius 2 is 2.29 bits per heavy atom. The molecule has 0 spiro atoms. The number of aromatic nitrogens is 2. The predicted octanol–water partition coefficient (Wildman–Crippen LogP) is 1.60. The van der Waals surface area contributed by atoms with Crippen molar-refractivity contribution in [1.29, 1.82) is 0 Å². The Bertz CT molecular complexity index is 332. The molecule has 1 saturated heterocycles. The fraction of sp³-hybridized carbons (Fsp3) is 0.727. The molecule has 1 aromatic heterocycles. The first-order valence-electron chi connectivity index (χ1n) is 5.61. The second-order valence-corrected chi connectivity index (χ2v) is 4.55. The molecule has 2 fully saturated rings. The Balaban J connectivity index is 1.89. The molecule has 3 rings (SSSR count). The summed E-state index contributed by atoms with van der Waals surface area (Å²) in [6.07, 6.45) is 6.01. The largest absolute Gasteiger partial charge is 0.316 e. The van der Waals surface area contributed by atoms with Gasteiger partial charge in [0.2, 0.25) is 0 Å². The summed E-state index contributed by atoms with van der Waals surface area (Å²) in [5.74, 6) is 0.711. The van der Waals surface area contributed by atoms with Gasteiger partial charge in [-0.2, -0.15) is 5.10 Å². The van der Waals surface area contributed by atoms with Crippen LogP contribution in [0, 0.1) is 6.92 Å². The molecular weight excluding hydrogens is 174 g/mol. The summed E-state index contributed by atoms with van der Waals surface area (Å²) in [6.45, 7) is 4.52. The number of nitrogens with one attached hydrogen (secondary N) is 1. The van der Waals surface area contributed by atoms with Crippen molar-refractivity contribution in [2.75, 3.05) is 13.1 Å². The van der Waals surface area contributed by atoms with Gasteiger partial charge in [0, 0.05) is 18.2 Å². The van der Waals surface area contributed by atoms with Gasteiger partial charge < -0.3 is 5.32 Å². The maximum Gasteiger partial charge on any atom is 0.0528 e. The monoisotopic (exact) mass is 191 g/mol. The van der Waals surface area contributed by atoms with Crippen LogP contribution < -0.4 is 5.32 Å². The van der Waals surface area contributed by atoms with E-state index in [-0.39, 0.29) is 0 Å². The van der Waals surface area contributed by atoms with E-state index in [0.29, 0.717) is 5.92 Å². The van der Waals surface area contributed by atoms with Gasteiger partial charge in [0.05, 0.1) is 12.2 Å². The lowest BCUT2D eigenvalue weighted by molar-refractivity contribution is 0.618. The summed E-state index contributed by atoms with van der Waals surface area (Å²) >= 11 is 0. The lowest BCUT2D eigenvalue weighted by atomic mass is 9.99. The van der Waals surface area contributed by atoms with E-state index in [0.717, 1.165) is 12.6 Å². The summed E-state index contributed by atoms with van der Waals surface area (Å²) in [4.78, 5) is 0. The van der Waals surface area contributed by atoms with Crippen molar-refractivity contribution in [2.24, 2.45) is 0 Å². The fourth-order valence-corrected chi connectivity index (χ4v) is 2.44. The molecule has 0 radical (unpaired) electrons. The SMILES string of the molecule is Cc1c(C2CCNC2)cnn1C1CC1. The van der Waals surface area contributed by atoms with E-state index < -0.39 is 0 Å². The first kappa shape index (κ1) is 8.48. The highest BCUT2D eigenvalue weighted by Gasteiger charge is 2.28. The normalized spacial score (nSPS) is 27.1. The molecule has 3 heteroatoms. The highest BCUT2D eigenvalue weighted by atomic mass is 15.3. The minimum atomic E-state index is 0.711. The second kappa shape index (κ2) is 3.09. The molecule has 1 N–H and O–H groups in total. The molecule has 1 unspecified atom stereocenters. The van der Waals surface area contributed by atoms with Gasteiger partial charge in [-0.05, 0) is 38.3 Å². The Morgan fingerprint density at radius 3 is 2.93 bits per heavy atom. The average Bonchev–Trinajstić information content (AvgIpc) is 2.76. The summed E-state index contributed by atoms with van der Waals surface area (Å²) in [5.41, 5.74) is 2.88. The van der Waals surface area contributed by atoms with Gasteiger partial charge in [-0.25, -0.2) is 0 Å². The van der Waals surface area contributed by atoms with Crippen molar-refractivity contribution in [3.05, 3.63) is 17.5 Å². The van der Waals surface area contributed by atoms with Crippen molar-refractivity contribution in [2.45, 2.75) is 38.1 Å². The van der Waals surface area contributed by atoms with E-state index in [2.05, 4.69) is 28.2 Å². The van der Waals surface area contributed by atoms with Gasteiger partial charge in [0.15, 0.2) is 0 Å². The molecule has 2 aliphatic rings. The van der Waals surface area contributed by atoms with Crippen LogP contribution in [0.2, 0.25) is 0 Å². The first-order chi connectivity index (χ1) is 6.86. The van der Waals surface area contributed by atoms with Crippen LogP contribution in [-0.2, 0) is 0 Å². The zero-order valence-electron chi connectivity index (χ0n) is 8.66. The Hall–Kier alpha value is -0.830. The summed E-state index contributed by atoms with van der Waals surface area (Å²) in [5, 5.41) is 7.93. The van der Waals surface area contributed by atoms with Crippen molar-refractivity contribution in [3.63, 3.8) is 0 Å². The molecule has 2 heterocycles. The number of hydrogen-bond donors (Lipinski definition) is 1. The minimum Gasteiger partial charge on any atom is -0.316 e. The Kier molecular flexibility index (Phi) is 1.87. The van der Waals surface area contributed by atoms with E-state index in [4.69, 9.17) is 0 Å². The van der Waals surface area contributed by atoms with E-state index in [1.807, 2.05) is 0 Å². The van der Waals surface area contributed by atoms with Crippen LogP contribution in [0.3, 0.4) is 0 Å². The van der Waals surface area contributed by atoms with Gasteiger partial charge in [0.1, 0.15) is 0 Å². The van der Waals surface area contributed by atoms with Crippen molar-refractivity contribution in [1.82, 2.24) is 15.1 Å². The van der Waals surface area contributed by atoms with Crippen LogP contribution in [0.25, 0.3) is 0 Å². The molecule has 0 amide bonds. The first-order valence-corrected chi connectivity index (χ1v) is 5.61. The van der Waals surface area contributed by atoms with Crippen LogP contribution in [0.1, 0.15) is 42.5 Å². The molecule has 0 bridgehead atoms. The van der Waals surface area contributed by atoms with E-state index in [9.17, 15) is 0 Å². The highest BCUT2D eigenvalue weighted by Crippen LogP contribution is 2.37. The summed E-state index contributed by atoms with van der Waals surface area (Å²) < 4.78 is 2.23. The van der Waals surface area contributed by atoms with Crippen LogP contribution in [-0.4, -0.2) is 22.9 Å². The molecule has 1 saturated carbocycles. The molecule has 14 heavy (non-hydrogen) atoms. The molecule has 1 aliphatic carbocycles. The highest BCUT2D eigenvalue weighted by molar-refractivity contribution is 5.23. The van der Waals surface area contributed by atoms with Gasteiger partial charge in [-0.3, -0.25) is 4.68 Å². The quantitative estimate of drug-likeness (QED) is 0.769. The third-order valence-corrected chi connectivity index (χ3v) is 3.48. The molecule has 0 aromatic carbocycles. The van der Waals surface area contributed by atoms with Crippen LogP contribution >= 0.6 is 0 Å². The fourth-order valence-electron chi connectivity index (χ4n) is 2.44. The maximum atomic E-state index is 4.51. The minimum absolute atomic E-state index is 0.711. The van der Waals surface area contributed by atoms with E-state index >= 15 is 0 Å². The topological polar surface area (TPSA) is 29.9 Å². The molecule has 1 atom stereocenters. The Labute approximate surface area is 84.5 Å². The zero-order valence-corrected chi connectivity index (χ0v) is 8.66. The lowest BCUT2D eigenvalue weighted by Crippen LogP contribution is -2.08. The average molecular weight is 191 g/mol. The lowest BCUT2D eigenvalue weighted by Gasteiger charge is -2.08. The second-order valence-electron chi connectivity index (χ2n) is 4.55. The molecular formula is C11H17N3. The van der Waals surface area contributed by atoms with E-state index in [1.165, 1.54) is 37.1 Å². The van der Waals surface area contributed by atoms with Crippen molar-refractivity contribution < 1.29 is 0 Å². The van der Waals surface area contributed by atoms with Gasteiger partial charge in [0.25, 0.3) is 0 Å². The summed E-state index contributed by atoms with van der Waals surface area (Å²) in [7, 11) is 0. The summed E-state index contributed by atoms with van der Waals surface area (Å²) in [6, 6.07) is 0.720. The molecule has 76 valence electrons. The molecule has 1 aromatic rings. The van der Waals surface area contributed by atoms with Gasteiger partial charge >= 0.3 is 0 Å². The third kappa shape index (κ3) is 1.27. The zero-order chi connectivity index (χ0) is 9.54. The van der Waals surface area contributed by atoms with Crippen LogP contribution in [0.15, 0.2) is 6.20 Å². The van der Waals surface area contributed by atoms with Crippen molar-refractivity contribution >= 4 is 0 Å². The van der Waals surface area contributed by atoms with Crippen LogP contribution in [0.4, 0.5) is 0 Å². The number of nitrogens with zero attached hydrogens (tertiary/aromatic N) is 2. The smallest absolute Gasteiger partial charge is 0.0528 e.